The molecule has 4 nitrogen and oxygen atoms in total. The molecule has 0 N–H and O–H groups in total. The Morgan fingerprint density at radius 1 is 1.47 bits per heavy atom. The Bertz CT molecular complexity index is 546. The van der Waals surface area contributed by atoms with Crippen LogP contribution in [0.25, 0.3) is 0 Å². The van der Waals surface area contributed by atoms with E-state index in [-0.39, 0.29) is 6.10 Å². The van der Waals surface area contributed by atoms with Crippen LogP contribution in [0.3, 0.4) is 0 Å². The maximum absolute atomic E-state index is 6.18. The van der Waals surface area contributed by atoms with Gasteiger partial charge in [0.2, 0.25) is 0 Å². The molecule has 1 aromatic heterocycles. The van der Waals surface area contributed by atoms with E-state index >= 15 is 0 Å². The first-order valence-electron chi connectivity index (χ1n) is 6.10. The Morgan fingerprint density at radius 3 is 2.84 bits per heavy atom. The zero-order valence-electron chi connectivity index (χ0n) is 10.5. The Kier molecular flexibility index (Phi) is 3.52. The fourth-order valence-electron chi connectivity index (χ4n) is 2.20. The first kappa shape index (κ1) is 13.0. The third-order valence-electron chi connectivity index (χ3n) is 3.07. The second-order valence-corrected chi connectivity index (χ2v) is 6.32. The highest BCUT2D eigenvalue weighted by Gasteiger charge is 2.41. The van der Waals surface area contributed by atoms with Crippen molar-refractivity contribution in [1.29, 1.82) is 0 Å². The van der Waals surface area contributed by atoms with Crippen molar-refractivity contribution in [2.24, 2.45) is 0 Å². The molecule has 0 bridgehead atoms. The van der Waals surface area contributed by atoms with Crippen LogP contribution in [0.1, 0.15) is 12.5 Å². The van der Waals surface area contributed by atoms with E-state index in [9.17, 15) is 0 Å². The van der Waals surface area contributed by atoms with Gasteiger partial charge in [-0.2, -0.15) is 0 Å². The SMILES string of the molecule is CC1CSC(Cn2ccnn2)(c2ccc(Cl)cc2)O1. The summed E-state index contributed by atoms with van der Waals surface area (Å²) in [5.41, 5.74) is 1.11. The molecule has 1 saturated heterocycles. The summed E-state index contributed by atoms with van der Waals surface area (Å²) in [5.74, 6) is 0.970. The topological polar surface area (TPSA) is 39.9 Å². The third-order valence-corrected chi connectivity index (χ3v) is 4.88. The largest absolute Gasteiger partial charge is 0.354 e. The molecule has 1 fully saturated rings. The predicted molar refractivity (Wildman–Crippen MR) is 76.2 cm³/mol. The maximum atomic E-state index is 6.18. The zero-order chi connectivity index (χ0) is 13.3. The quantitative estimate of drug-likeness (QED) is 0.873. The number of aromatic nitrogens is 3. The van der Waals surface area contributed by atoms with Gasteiger partial charge in [0.1, 0.15) is 0 Å². The van der Waals surface area contributed by atoms with Crippen molar-refractivity contribution in [3.8, 4) is 0 Å². The number of benzene rings is 1. The number of thioether (sulfide) groups is 1. The molecule has 19 heavy (non-hydrogen) atoms. The van der Waals surface area contributed by atoms with E-state index in [1.807, 2.05) is 30.5 Å². The van der Waals surface area contributed by atoms with Gasteiger partial charge in [-0.25, -0.2) is 4.68 Å². The van der Waals surface area contributed by atoms with E-state index in [1.165, 1.54) is 0 Å². The summed E-state index contributed by atoms with van der Waals surface area (Å²) < 4.78 is 7.98. The fourth-order valence-corrected chi connectivity index (χ4v) is 3.66. The van der Waals surface area contributed by atoms with Crippen molar-refractivity contribution in [3.05, 3.63) is 47.2 Å². The molecular weight excluding hydrogens is 282 g/mol. The van der Waals surface area contributed by atoms with Crippen molar-refractivity contribution in [2.75, 3.05) is 5.75 Å². The molecule has 0 amide bonds. The van der Waals surface area contributed by atoms with Gasteiger partial charge in [-0.1, -0.05) is 28.9 Å². The lowest BCUT2D eigenvalue weighted by Crippen LogP contribution is -2.29. The van der Waals surface area contributed by atoms with Crippen LogP contribution in [0.2, 0.25) is 5.02 Å². The molecule has 1 aromatic carbocycles. The molecule has 3 rings (SSSR count). The molecule has 2 heterocycles. The van der Waals surface area contributed by atoms with Crippen LogP contribution in [0.15, 0.2) is 36.7 Å². The van der Waals surface area contributed by atoms with Gasteiger partial charge in [-0.15, -0.1) is 16.9 Å². The number of hydrogen-bond acceptors (Lipinski definition) is 4. The van der Waals surface area contributed by atoms with Crippen molar-refractivity contribution in [2.45, 2.75) is 24.5 Å². The van der Waals surface area contributed by atoms with E-state index in [4.69, 9.17) is 16.3 Å². The van der Waals surface area contributed by atoms with E-state index in [2.05, 4.69) is 17.2 Å². The molecule has 2 aromatic rings. The van der Waals surface area contributed by atoms with Crippen LogP contribution >= 0.6 is 23.4 Å². The molecule has 6 heteroatoms. The first-order valence-corrected chi connectivity index (χ1v) is 7.46. The van der Waals surface area contributed by atoms with Crippen LogP contribution in [0, 0.1) is 0 Å². The van der Waals surface area contributed by atoms with Crippen LogP contribution in [0.4, 0.5) is 0 Å². The first-order chi connectivity index (χ1) is 9.18. The number of halogens is 1. The predicted octanol–water partition coefficient (Wildman–Crippen LogP) is 2.94. The molecule has 0 spiro atoms. The summed E-state index contributed by atoms with van der Waals surface area (Å²) in [6.45, 7) is 2.73. The van der Waals surface area contributed by atoms with Gasteiger partial charge in [-0.05, 0) is 24.6 Å². The molecular formula is C13H14ClN3OS. The molecule has 100 valence electrons. The number of hydrogen-bond donors (Lipinski definition) is 0. The minimum Gasteiger partial charge on any atom is -0.354 e. The van der Waals surface area contributed by atoms with Crippen LogP contribution in [-0.2, 0) is 16.2 Å². The van der Waals surface area contributed by atoms with Crippen LogP contribution in [0.5, 0.6) is 0 Å². The van der Waals surface area contributed by atoms with Gasteiger partial charge in [0.05, 0.1) is 18.8 Å². The molecule has 0 saturated carbocycles. The second-order valence-electron chi connectivity index (χ2n) is 4.60. The minimum absolute atomic E-state index is 0.226. The second kappa shape index (κ2) is 5.15. The number of ether oxygens (including phenoxy) is 1. The Balaban J connectivity index is 1.95. The average molecular weight is 296 g/mol. The van der Waals surface area contributed by atoms with Gasteiger partial charge in [-0.3, -0.25) is 0 Å². The Hall–Kier alpha value is -1.04. The average Bonchev–Trinajstić information content (AvgIpc) is 3.01. The van der Waals surface area contributed by atoms with E-state index < -0.39 is 4.93 Å². The lowest BCUT2D eigenvalue weighted by atomic mass is 10.1. The summed E-state index contributed by atoms with van der Waals surface area (Å²) >= 11 is 7.76. The fraction of sp³-hybridized carbons (Fsp3) is 0.385. The van der Waals surface area contributed by atoms with Gasteiger partial charge < -0.3 is 4.74 Å². The number of nitrogens with zero attached hydrogens (tertiary/aromatic N) is 3. The standard InChI is InChI=1S/C13H14ClN3OS/c1-10-8-19-13(18-10,9-17-7-6-15-16-17)11-2-4-12(14)5-3-11/h2-7,10H,8-9H2,1H3. The minimum atomic E-state index is -0.405. The van der Waals surface area contributed by atoms with Gasteiger partial charge in [0.15, 0.2) is 4.93 Å². The van der Waals surface area contributed by atoms with Crippen LogP contribution < -0.4 is 0 Å². The third kappa shape index (κ3) is 2.63. The van der Waals surface area contributed by atoms with Gasteiger partial charge >= 0.3 is 0 Å². The molecule has 2 atom stereocenters. The summed E-state index contributed by atoms with van der Waals surface area (Å²) in [7, 11) is 0. The van der Waals surface area contributed by atoms with Crippen molar-refractivity contribution >= 4 is 23.4 Å². The molecule has 1 aliphatic heterocycles. The Morgan fingerprint density at radius 2 is 2.26 bits per heavy atom. The van der Waals surface area contributed by atoms with Gasteiger partial charge in [0.25, 0.3) is 0 Å². The Labute approximate surface area is 121 Å². The van der Waals surface area contributed by atoms with Crippen LogP contribution in [-0.4, -0.2) is 26.9 Å². The summed E-state index contributed by atoms with van der Waals surface area (Å²) in [4.78, 5) is -0.405. The normalized spacial score (nSPS) is 26.7. The van der Waals surface area contributed by atoms with Crippen molar-refractivity contribution in [3.63, 3.8) is 0 Å². The molecule has 2 unspecified atom stereocenters. The van der Waals surface area contributed by atoms with Gasteiger partial charge in [0, 0.05) is 17.0 Å². The smallest absolute Gasteiger partial charge is 0.159 e. The highest BCUT2D eigenvalue weighted by molar-refractivity contribution is 8.00. The number of rotatable bonds is 3. The van der Waals surface area contributed by atoms with E-state index in [0.29, 0.717) is 6.54 Å². The zero-order valence-corrected chi connectivity index (χ0v) is 12.1. The monoisotopic (exact) mass is 295 g/mol. The lowest BCUT2D eigenvalue weighted by Gasteiger charge is -2.28. The maximum Gasteiger partial charge on any atom is 0.159 e. The van der Waals surface area contributed by atoms with E-state index in [1.54, 1.807) is 22.6 Å². The highest BCUT2D eigenvalue weighted by Crippen LogP contribution is 2.46. The van der Waals surface area contributed by atoms with Crippen molar-refractivity contribution in [1.82, 2.24) is 15.0 Å². The highest BCUT2D eigenvalue weighted by atomic mass is 35.5. The van der Waals surface area contributed by atoms with E-state index in [0.717, 1.165) is 16.3 Å². The molecule has 0 radical (unpaired) electrons. The molecule has 0 aliphatic carbocycles. The van der Waals surface area contributed by atoms with Crippen molar-refractivity contribution < 1.29 is 4.74 Å². The summed E-state index contributed by atoms with van der Waals surface area (Å²) in [6.07, 6.45) is 3.76. The lowest BCUT2D eigenvalue weighted by molar-refractivity contribution is -0.0140. The summed E-state index contributed by atoms with van der Waals surface area (Å²) in [5, 5.41) is 8.62. The molecule has 1 aliphatic rings. The summed E-state index contributed by atoms with van der Waals surface area (Å²) in [6, 6.07) is 7.83.